The highest BCUT2D eigenvalue weighted by atomic mass is 32.2. The van der Waals surface area contributed by atoms with Crippen LogP contribution >= 0.6 is 11.8 Å². The Morgan fingerprint density at radius 3 is 2.13 bits per heavy atom. The van der Waals surface area contributed by atoms with Gasteiger partial charge in [0.25, 0.3) is 5.60 Å². The Kier molecular flexibility index (Phi) is 5.55. The number of benzene rings is 1. The summed E-state index contributed by atoms with van der Waals surface area (Å²) in [6.45, 7) is 0. The van der Waals surface area contributed by atoms with Crippen LogP contribution in [-0.4, -0.2) is 28.9 Å². The van der Waals surface area contributed by atoms with Crippen LogP contribution in [0.4, 0.5) is 32.0 Å². The number of nitriles is 1. The lowest BCUT2D eigenvalue weighted by atomic mass is 9.91. The number of nitrogens with one attached hydrogen (secondary N) is 1. The van der Waals surface area contributed by atoms with Crippen molar-refractivity contribution in [2.45, 2.75) is 18.0 Å². The molecule has 0 bridgehead atoms. The van der Waals surface area contributed by atoms with Gasteiger partial charge in [-0.25, -0.2) is 4.99 Å². The first kappa shape index (κ1) is 19.1. The first-order chi connectivity index (χ1) is 10.5. The molecule has 1 aromatic rings. The zero-order valence-corrected chi connectivity index (χ0v) is 12.1. The van der Waals surface area contributed by atoms with Crippen LogP contribution < -0.4 is 5.32 Å². The number of alkyl halides is 6. The minimum atomic E-state index is -6.01. The molecule has 0 spiro atoms. The van der Waals surface area contributed by atoms with Crippen molar-refractivity contribution in [3.8, 4) is 6.19 Å². The molecule has 11 heteroatoms. The number of aliphatic hydroxyl groups is 1. The van der Waals surface area contributed by atoms with Crippen molar-refractivity contribution in [3.63, 3.8) is 0 Å². The smallest absolute Gasteiger partial charge is 0.369 e. The number of thioether (sulfide) groups is 1. The largest absolute Gasteiger partial charge is 0.430 e. The molecule has 0 heterocycles. The van der Waals surface area contributed by atoms with Crippen molar-refractivity contribution in [2.24, 2.45) is 4.99 Å². The molecular formula is C12H9F6N3OS. The van der Waals surface area contributed by atoms with E-state index in [2.05, 4.69) is 4.99 Å². The fourth-order valence-electron chi connectivity index (χ4n) is 1.63. The van der Waals surface area contributed by atoms with Gasteiger partial charge in [0.15, 0.2) is 11.4 Å². The molecule has 23 heavy (non-hydrogen) atoms. The SMILES string of the molecule is CSC(=Nc1ccccc1C(O)(C(F)(F)F)C(F)(F)F)NC#N. The minimum absolute atomic E-state index is 0.230. The summed E-state index contributed by atoms with van der Waals surface area (Å²) in [7, 11) is 0. The number of hydrogen-bond acceptors (Lipinski definition) is 4. The van der Waals surface area contributed by atoms with E-state index in [1.807, 2.05) is 5.32 Å². The molecule has 0 aliphatic rings. The molecule has 0 atom stereocenters. The number of rotatable bonds is 2. The summed E-state index contributed by atoms with van der Waals surface area (Å²) < 4.78 is 77.7. The molecular weight excluding hydrogens is 348 g/mol. The Labute approximate surface area is 130 Å². The average molecular weight is 357 g/mol. The van der Waals surface area contributed by atoms with Crippen molar-refractivity contribution < 1.29 is 31.4 Å². The summed E-state index contributed by atoms with van der Waals surface area (Å²) in [5.74, 6) is 0. The highest BCUT2D eigenvalue weighted by Gasteiger charge is 2.72. The van der Waals surface area contributed by atoms with Gasteiger partial charge in [0.05, 0.1) is 5.69 Å². The Bertz CT molecular complexity index is 621. The predicted octanol–water partition coefficient (Wildman–Crippen LogP) is 3.42. The van der Waals surface area contributed by atoms with Crippen LogP contribution in [0.1, 0.15) is 5.56 Å². The van der Waals surface area contributed by atoms with Crippen LogP contribution in [-0.2, 0) is 5.60 Å². The standard InChI is InChI=1S/C12H9F6N3OS/c1-23-9(20-6-19)21-8-5-3-2-4-7(8)10(22,11(13,14)15)12(16,17)18/h2-5,22H,1H3,(H,20,21). The number of aliphatic imine (C=N–C) groups is 1. The molecule has 126 valence electrons. The van der Waals surface area contributed by atoms with Crippen LogP contribution in [0.15, 0.2) is 29.3 Å². The molecule has 0 aromatic heterocycles. The van der Waals surface area contributed by atoms with E-state index in [0.29, 0.717) is 6.07 Å². The number of para-hydroxylation sites is 1. The maximum atomic E-state index is 12.9. The van der Waals surface area contributed by atoms with Crippen LogP contribution in [0.5, 0.6) is 0 Å². The van der Waals surface area contributed by atoms with Gasteiger partial charge in [-0.3, -0.25) is 5.32 Å². The van der Waals surface area contributed by atoms with E-state index in [1.165, 1.54) is 12.4 Å². The highest BCUT2D eigenvalue weighted by molar-refractivity contribution is 8.13. The highest BCUT2D eigenvalue weighted by Crippen LogP contribution is 2.52. The van der Waals surface area contributed by atoms with E-state index < -0.39 is 29.2 Å². The monoisotopic (exact) mass is 357 g/mol. The molecule has 1 rings (SSSR count). The fraction of sp³-hybridized carbons (Fsp3) is 0.333. The van der Waals surface area contributed by atoms with Gasteiger partial charge in [-0.15, -0.1) is 0 Å². The van der Waals surface area contributed by atoms with E-state index in [4.69, 9.17) is 5.26 Å². The topological polar surface area (TPSA) is 68.4 Å². The zero-order chi connectivity index (χ0) is 17.9. The molecule has 0 radical (unpaired) electrons. The van der Waals surface area contributed by atoms with Gasteiger partial charge >= 0.3 is 12.4 Å². The zero-order valence-electron chi connectivity index (χ0n) is 11.3. The van der Waals surface area contributed by atoms with E-state index >= 15 is 0 Å². The summed E-state index contributed by atoms with van der Waals surface area (Å²) >= 11 is 0.796. The average Bonchev–Trinajstić information content (AvgIpc) is 2.44. The summed E-state index contributed by atoms with van der Waals surface area (Å²) in [5, 5.41) is 19.7. The number of halogens is 6. The maximum absolute atomic E-state index is 12.9. The molecule has 0 saturated heterocycles. The normalized spacial score (nSPS) is 13.6. The summed E-state index contributed by atoms with van der Waals surface area (Å²) in [5.41, 5.74) is -7.33. The molecule has 1 aromatic carbocycles. The summed E-state index contributed by atoms with van der Waals surface area (Å²) in [6.07, 6.45) is -9.17. The Morgan fingerprint density at radius 2 is 1.70 bits per heavy atom. The second-order valence-corrected chi connectivity index (χ2v) is 4.88. The molecule has 0 aliphatic carbocycles. The van der Waals surface area contributed by atoms with Crippen LogP contribution in [0.3, 0.4) is 0 Å². The van der Waals surface area contributed by atoms with Crippen molar-refractivity contribution in [1.29, 1.82) is 5.26 Å². The fourth-order valence-corrected chi connectivity index (χ4v) is 1.96. The number of nitrogens with zero attached hydrogens (tertiary/aromatic N) is 2. The molecule has 4 nitrogen and oxygen atoms in total. The lowest BCUT2D eigenvalue weighted by molar-refractivity contribution is -0.376. The first-order valence-corrected chi connectivity index (χ1v) is 6.94. The lowest BCUT2D eigenvalue weighted by Gasteiger charge is -2.33. The van der Waals surface area contributed by atoms with Gasteiger partial charge in [-0.05, 0) is 12.3 Å². The first-order valence-electron chi connectivity index (χ1n) is 5.72. The van der Waals surface area contributed by atoms with Gasteiger partial charge in [0.2, 0.25) is 0 Å². The van der Waals surface area contributed by atoms with Crippen LogP contribution in [0.25, 0.3) is 0 Å². The summed E-state index contributed by atoms with van der Waals surface area (Å²) in [4.78, 5) is 3.55. The third kappa shape index (κ3) is 3.70. The van der Waals surface area contributed by atoms with E-state index in [-0.39, 0.29) is 5.17 Å². The molecule has 0 aliphatic heterocycles. The molecule has 2 N–H and O–H groups in total. The van der Waals surface area contributed by atoms with Crippen molar-refractivity contribution >= 4 is 22.6 Å². The van der Waals surface area contributed by atoms with Gasteiger partial charge in [0, 0.05) is 5.56 Å². The molecule has 0 saturated carbocycles. The van der Waals surface area contributed by atoms with Crippen molar-refractivity contribution in [3.05, 3.63) is 29.8 Å². The van der Waals surface area contributed by atoms with E-state index in [9.17, 15) is 31.4 Å². The molecule has 0 fully saturated rings. The second kappa shape index (κ2) is 6.67. The molecule has 0 unspecified atom stereocenters. The van der Waals surface area contributed by atoms with Crippen molar-refractivity contribution in [2.75, 3.05) is 6.26 Å². The van der Waals surface area contributed by atoms with Crippen LogP contribution in [0, 0.1) is 11.5 Å². The van der Waals surface area contributed by atoms with E-state index in [1.54, 1.807) is 0 Å². The third-order valence-electron chi connectivity index (χ3n) is 2.69. The van der Waals surface area contributed by atoms with Crippen LogP contribution in [0.2, 0.25) is 0 Å². The van der Waals surface area contributed by atoms with Gasteiger partial charge < -0.3 is 5.11 Å². The Morgan fingerprint density at radius 1 is 1.17 bits per heavy atom. The van der Waals surface area contributed by atoms with E-state index in [0.717, 1.165) is 30.0 Å². The third-order valence-corrected chi connectivity index (χ3v) is 3.27. The Balaban J connectivity index is 3.63. The second-order valence-electron chi connectivity index (χ2n) is 4.08. The number of hydrogen-bond donors (Lipinski definition) is 2. The maximum Gasteiger partial charge on any atom is 0.430 e. The van der Waals surface area contributed by atoms with Gasteiger partial charge in [0.1, 0.15) is 0 Å². The van der Waals surface area contributed by atoms with Crippen molar-refractivity contribution in [1.82, 2.24) is 5.32 Å². The predicted molar refractivity (Wildman–Crippen MR) is 71.8 cm³/mol. The summed E-state index contributed by atoms with van der Waals surface area (Å²) in [6, 6.07) is 3.41. The Hall–Kier alpha value is -1.93. The van der Waals surface area contributed by atoms with Gasteiger partial charge in [-0.2, -0.15) is 31.6 Å². The van der Waals surface area contributed by atoms with Gasteiger partial charge in [-0.1, -0.05) is 30.0 Å². The minimum Gasteiger partial charge on any atom is -0.369 e. The molecule has 0 amide bonds. The quantitative estimate of drug-likeness (QED) is 0.280. The number of amidine groups is 1. The lowest BCUT2D eigenvalue weighted by Crippen LogP contribution is -2.54.